The van der Waals surface area contributed by atoms with Gasteiger partial charge in [-0.15, -0.1) is 0 Å². The number of nitrogens with one attached hydrogen (secondary N) is 2. The van der Waals surface area contributed by atoms with Gasteiger partial charge in [-0.25, -0.2) is 4.39 Å². The van der Waals surface area contributed by atoms with Gasteiger partial charge in [0.25, 0.3) is 0 Å². The van der Waals surface area contributed by atoms with Crippen molar-refractivity contribution in [2.45, 2.75) is 32.6 Å². The van der Waals surface area contributed by atoms with Crippen LogP contribution in [0.5, 0.6) is 0 Å². The lowest BCUT2D eigenvalue weighted by Gasteiger charge is -2.26. The molecule has 2 nitrogen and oxygen atoms in total. The van der Waals surface area contributed by atoms with E-state index < -0.39 is 0 Å². The minimum atomic E-state index is -0.125. The molecule has 0 amide bonds. The Hall–Kier alpha value is -1.25. The zero-order chi connectivity index (χ0) is 11.9. The number of hydrogen-bond acceptors (Lipinski definition) is 2. The number of aryl methyl sites for hydroxylation is 1. The summed E-state index contributed by atoms with van der Waals surface area (Å²) in [6.45, 7) is 3.79. The van der Waals surface area contributed by atoms with Crippen LogP contribution in [0.1, 0.15) is 31.2 Å². The van der Waals surface area contributed by atoms with Crippen LogP contribution in [-0.2, 0) is 0 Å². The molecule has 1 saturated carbocycles. The van der Waals surface area contributed by atoms with E-state index in [1.54, 1.807) is 6.07 Å². The summed E-state index contributed by atoms with van der Waals surface area (Å²) in [7, 11) is 0. The van der Waals surface area contributed by atoms with E-state index in [0.717, 1.165) is 24.5 Å². The maximum atomic E-state index is 13.5. The highest BCUT2D eigenvalue weighted by molar-refractivity contribution is 5.71. The molecular weight excluding hydrogens is 215 g/mol. The van der Waals surface area contributed by atoms with Crippen molar-refractivity contribution >= 4 is 11.4 Å². The van der Waals surface area contributed by atoms with Crippen LogP contribution in [0, 0.1) is 18.2 Å². The molecule has 2 N–H and O–H groups in total. The summed E-state index contributed by atoms with van der Waals surface area (Å²) in [4.78, 5) is 0. The zero-order valence-electron chi connectivity index (χ0n) is 10.3. The summed E-state index contributed by atoms with van der Waals surface area (Å²) in [5.74, 6) is -0.125. The standard InChI is InChI=1S/C14H19FN2/c1-10-6-12-13(7-11(10)15)17-9-14(8-16-12)4-2-3-5-14/h6-7,16-17H,2-5,8-9H2,1H3. The SMILES string of the molecule is Cc1cc2c(cc1F)NCC1(CCCC1)CN2. The van der Waals surface area contributed by atoms with Crippen LogP contribution < -0.4 is 10.6 Å². The zero-order valence-corrected chi connectivity index (χ0v) is 10.3. The smallest absolute Gasteiger partial charge is 0.128 e. The summed E-state index contributed by atoms with van der Waals surface area (Å²) in [6, 6.07) is 3.53. The maximum Gasteiger partial charge on any atom is 0.128 e. The van der Waals surface area contributed by atoms with E-state index >= 15 is 0 Å². The molecule has 0 unspecified atom stereocenters. The van der Waals surface area contributed by atoms with Gasteiger partial charge < -0.3 is 10.6 Å². The molecular formula is C14H19FN2. The van der Waals surface area contributed by atoms with Gasteiger partial charge in [-0.05, 0) is 37.5 Å². The average Bonchev–Trinajstić information content (AvgIpc) is 2.70. The second-order valence-corrected chi connectivity index (χ2v) is 5.56. The number of benzene rings is 1. The van der Waals surface area contributed by atoms with Crippen molar-refractivity contribution in [1.29, 1.82) is 0 Å². The van der Waals surface area contributed by atoms with Gasteiger partial charge >= 0.3 is 0 Å². The molecule has 2 aliphatic rings. The summed E-state index contributed by atoms with van der Waals surface area (Å²) in [6.07, 6.45) is 5.21. The van der Waals surface area contributed by atoms with Crippen molar-refractivity contribution in [3.63, 3.8) is 0 Å². The first-order chi connectivity index (χ1) is 8.19. The molecule has 1 heterocycles. The predicted molar refractivity (Wildman–Crippen MR) is 69.0 cm³/mol. The quantitative estimate of drug-likeness (QED) is 0.717. The Morgan fingerprint density at radius 2 is 1.65 bits per heavy atom. The van der Waals surface area contributed by atoms with E-state index in [1.807, 2.05) is 13.0 Å². The highest BCUT2D eigenvalue weighted by Crippen LogP contribution is 2.41. The summed E-state index contributed by atoms with van der Waals surface area (Å²) < 4.78 is 13.5. The first-order valence-electron chi connectivity index (χ1n) is 6.47. The molecule has 0 atom stereocenters. The number of rotatable bonds is 0. The van der Waals surface area contributed by atoms with E-state index in [2.05, 4.69) is 10.6 Å². The van der Waals surface area contributed by atoms with Crippen LogP contribution in [0.3, 0.4) is 0 Å². The Morgan fingerprint density at radius 1 is 1.06 bits per heavy atom. The third-order valence-electron chi connectivity index (χ3n) is 4.27. The molecule has 0 bridgehead atoms. The van der Waals surface area contributed by atoms with Gasteiger partial charge in [0.1, 0.15) is 5.82 Å². The van der Waals surface area contributed by atoms with Crippen molar-refractivity contribution < 1.29 is 4.39 Å². The Balaban J connectivity index is 1.89. The van der Waals surface area contributed by atoms with Crippen LogP contribution in [0.2, 0.25) is 0 Å². The number of fused-ring (bicyclic) bond motifs is 1. The average molecular weight is 234 g/mol. The lowest BCUT2D eigenvalue weighted by Crippen LogP contribution is -2.31. The highest BCUT2D eigenvalue weighted by atomic mass is 19.1. The van der Waals surface area contributed by atoms with E-state index in [-0.39, 0.29) is 5.82 Å². The molecule has 0 radical (unpaired) electrons. The van der Waals surface area contributed by atoms with Crippen molar-refractivity contribution in [2.75, 3.05) is 23.7 Å². The normalized spacial score (nSPS) is 21.5. The third kappa shape index (κ3) is 1.88. The van der Waals surface area contributed by atoms with Crippen molar-refractivity contribution in [3.8, 4) is 0 Å². The van der Waals surface area contributed by atoms with Gasteiger partial charge in [0.15, 0.2) is 0 Å². The van der Waals surface area contributed by atoms with Gasteiger partial charge in [0.05, 0.1) is 11.4 Å². The van der Waals surface area contributed by atoms with Crippen LogP contribution in [0.25, 0.3) is 0 Å². The van der Waals surface area contributed by atoms with Crippen molar-refractivity contribution in [1.82, 2.24) is 0 Å². The van der Waals surface area contributed by atoms with E-state index in [1.165, 1.54) is 25.7 Å². The molecule has 3 rings (SSSR count). The molecule has 1 aromatic carbocycles. The molecule has 92 valence electrons. The molecule has 1 spiro atoms. The molecule has 1 fully saturated rings. The predicted octanol–water partition coefficient (Wildman–Crippen LogP) is 3.53. The first-order valence-corrected chi connectivity index (χ1v) is 6.47. The summed E-state index contributed by atoms with van der Waals surface area (Å²) >= 11 is 0. The summed E-state index contributed by atoms with van der Waals surface area (Å²) in [5, 5.41) is 6.92. The Labute approximate surface area is 102 Å². The minimum Gasteiger partial charge on any atom is -0.383 e. The van der Waals surface area contributed by atoms with Crippen LogP contribution in [0.4, 0.5) is 15.8 Å². The Kier molecular flexibility index (Phi) is 2.49. The molecule has 1 aliphatic heterocycles. The fourth-order valence-electron chi connectivity index (χ4n) is 3.08. The van der Waals surface area contributed by atoms with Gasteiger partial charge in [-0.1, -0.05) is 12.8 Å². The molecule has 1 aromatic rings. The topological polar surface area (TPSA) is 24.1 Å². The molecule has 0 saturated heterocycles. The van der Waals surface area contributed by atoms with Crippen LogP contribution in [0.15, 0.2) is 12.1 Å². The Bertz CT molecular complexity index is 401. The van der Waals surface area contributed by atoms with Crippen LogP contribution >= 0.6 is 0 Å². The first kappa shape index (κ1) is 10.9. The number of anilines is 2. The monoisotopic (exact) mass is 234 g/mol. The van der Waals surface area contributed by atoms with Crippen molar-refractivity contribution in [2.24, 2.45) is 5.41 Å². The van der Waals surface area contributed by atoms with Gasteiger partial charge in [-0.2, -0.15) is 0 Å². The largest absolute Gasteiger partial charge is 0.383 e. The lowest BCUT2D eigenvalue weighted by atomic mass is 9.86. The minimum absolute atomic E-state index is 0.125. The lowest BCUT2D eigenvalue weighted by molar-refractivity contribution is 0.346. The van der Waals surface area contributed by atoms with Gasteiger partial charge in [-0.3, -0.25) is 0 Å². The number of hydrogen-bond donors (Lipinski definition) is 2. The third-order valence-corrected chi connectivity index (χ3v) is 4.27. The number of halogens is 1. The fourth-order valence-corrected chi connectivity index (χ4v) is 3.08. The molecule has 17 heavy (non-hydrogen) atoms. The maximum absolute atomic E-state index is 13.5. The molecule has 0 aromatic heterocycles. The van der Waals surface area contributed by atoms with Crippen LogP contribution in [-0.4, -0.2) is 13.1 Å². The Morgan fingerprint density at radius 3 is 2.29 bits per heavy atom. The fraction of sp³-hybridized carbons (Fsp3) is 0.571. The second kappa shape index (κ2) is 3.90. The summed E-state index contributed by atoms with van der Waals surface area (Å²) in [5.41, 5.74) is 3.05. The van der Waals surface area contributed by atoms with E-state index in [4.69, 9.17) is 0 Å². The second-order valence-electron chi connectivity index (χ2n) is 5.56. The molecule has 3 heteroatoms. The highest BCUT2D eigenvalue weighted by Gasteiger charge is 2.35. The van der Waals surface area contributed by atoms with Crippen molar-refractivity contribution in [3.05, 3.63) is 23.5 Å². The van der Waals surface area contributed by atoms with E-state index in [9.17, 15) is 4.39 Å². The van der Waals surface area contributed by atoms with Gasteiger partial charge in [0.2, 0.25) is 0 Å². The molecule has 1 aliphatic carbocycles. The van der Waals surface area contributed by atoms with E-state index in [0.29, 0.717) is 11.0 Å². The van der Waals surface area contributed by atoms with Gasteiger partial charge in [0, 0.05) is 18.5 Å².